The molecule has 0 saturated heterocycles. The molecule has 0 aliphatic rings. The summed E-state index contributed by atoms with van der Waals surface area (Å²) in [4.78, 5) is 0. The SMILES string of the molecule is CNC(c1cc2cc(Cl)ccc2o1)C(OC)C(C)(C)C. The summed E-state index contributed by atoms with van der Waals surface area (Å²) in [6, 6.07) is 7.66. The first-order chi connectivity index (χ1) is 9.36. The maximum Gasteiger partial charge on any atom is 0.134 e. The van der Waals surface area contributed by atoms with Crippen molar-refractivity contribution in [1.82, 2.24) is 5.32 Å². The van der Waals surface area contributed by atoms with E-state index in [1.54, 1.807) is 7.11 Å². The van der Waals surface area contributed by atoms with Crippen LogP contribution in [0.4, 0.5) is 0 Å². The highest BCUT2D eigenvalue weighted by atomic mass is 35.5. The fraction of sp³-hybridized carbons (Fsp3) is 0.500. The highest BCUT2D eigenvalue weighted by Gasteiger charge is 2.34. The Morgan fingerprint density at radius 2 is 1.95 bits per heavy atom. The quantitative estimate of drug-likeness (QED) is 0.907. The van der Waals surface area contributed by atoms with E-state index >= 15 is 0 Å². The number of fused-ring (bicyclic) bond motifs is 1. The molecule has 0 spiro atoms. The molecular weight excluding hydrogens is 274 g/mol. The van der Waals surface area contributed by atoms with Crippen LogP contribution in [0, 0.1) is 5.41 Å². The third-order valence-electron chi connectivity index (χ3n) is 3.53. The van der Waals surface area contributed by atoms with Crippen molar-refractivity contribution >= 4 is 22.6 Å². The lowest BCUT2D eigenvalue weighted by Gasteiger charge is -2.34. The summed E-state index contributed by atoms with van der Waals surface area (Å²) in [5.74, 6) is 0.867. The number of methoxy groups -OCH3 is 1. The Balaban J connectivity index is 2.43. The Hall–Kier alpha value is -1.03. The monoisotopic (exact) mass is 295 g/mol. The van der Waals surface area contributed by atoms with Gasteiger partial charge in [-0.1, -0.05) is 32.4 Å². The minimum atomic E-state index is -0.00817. The van der Waals surface area contributed by atoms with Crippen LogP contribution in [0.1, 0.15) is 32.6 Å². The summed E-state index contributed by atoms with van der Waals surface area (Å²) >= 11 is 6.02. The number of hydrogen-bond acceptors (Lipinski definition) is 3. The van der Waals surface area contributed by atoms with Crippen molar-refractivity contribution in [1.29, 1.82) is 0 Å². The van der Waals surface area contributed by atoms with Crippen LogP contribution < -0.4 is 5.32 Å². The summed E-state index contributed by atoms with van der Waals surface area (Å²) in [6.07, 6.45) is 0.00327. The minimum absolute atomic E-state index is 0.000946. The van der Waals surface area contributed by atoms with Crippen molar-refractivity contribution in [3.05, 3.63) is 35.0 Å². The largest absolute Gasteiger partial charge is 0.459 e. The summed E-state index contributed by atoms with van der Waals surface area (Å²) < 4.78 is 11.6. The molecule has 0 saturated carbocycles. The molecule has 0 amide bonds. The fourth-order valence-corrected chi connectivity index (χ4v) is 2.80. The molecule has 3 nitrogen and oxygen atoms in total. The summed E-state index contributed by atoms with van der Waals surface area (Å²) in [5, 5.41) is 5.02. The van der Waals surface area contributed by atoms with Gasteiger partial charge in [-0.2, -0.15) is 0 Å². The van der Waals surface area contributed by atoms with Gasteiger partial charge in [-0.15, -0.1) is 0 Å². The van der Waals surface area contributed by atoms with Gasteiger partial charge in [0, 0.05) is 17.5 Å². The number of hydrogen-bond donors (Lipinski definition) is 1. The van der Waals surface area contributed by atoms with Gasteiger partial charge in [0.1, 0.15) is 11.3 Å². The number of nitrogens with one attached hydrogen (secondary N) is 1. The topological polar surface area (TPSA) is 34.4 Å². The number of furan rings is 1. The molecule has 0 aliphatic carbocycles. The second kappa shape index (κ2) is 5.76. The third-order valence-corrected chi connectivity index (χ3v) is 3.76. The highest BCUT2D eigenvalue weighted by Crippen LogP contribution is 2.35. The van der Waals surface area contributed by atoms with Crippen LogP contribution in [-0.4, -0.2) is 20.3 Å². The Labute approximate surface area is 125 Å². The molecule has 20 heavy (non-hydrogen) atoms. The van der Waals surface area contributed by atoms with Crippen molar-refractivity contribution in [3.8, 4) is 0 Å². The lowest BCUT2D eigenvalue weighted by molar-refractivity contribution is -0.0148. The van der Waals surface area contributed by atoms with E-state index in [2.05, 4.69) is 26.1 Å². The van der Waals surface area contributed by atoms with Crippen LogP contribution in [0.15, 0.2) is 28.7 Å². The molecule has 2 rings (SSSR count). The first-order valence-electron chi connectivity index (χ1n) is 6.76. The van der Waals surface area contributed by atoms with Gasteiger partial charge in [-0.05, 0) is 36.7 Å². The molecule has 0 fully saturated rings. The normalized spacial score (nSPS) is 15.5. The van der Waals surface area contributed by atoms with Gasteiger partial charge in [-0.3, -0.25) is 0 Å². The zero-order valence-corrected chi connectivity index (χ0v) is 13.4. The predicted octanol–water partition coefficient (Wildman–Crippen LogP) is 4.41. The van der Waals surface area contributed by atoms with Crippen molar-refractivity contribution < 1.29 is 9.15 Å². The van der Waals surface area contributed by atoms with Crippen LogP contribution in [-0.2, 0) is 4.74 Å². The minimum Gasteiger partial charge on any atom is -0.459 e. The first-order valence-corrected chi connectivity index (χ1v) is 7.13. The predicted molar refractivity (Wildman–Crippen MR) is 83.3 cm³/mol. The number of benzene rings is 1. The molecule has 1 aromatic carbocycles. The van der Waals surface area contributed by atoms with Gasteiger partial charge < -0.3 is 14.5 Å². The van der Waals surface area contributed by atoms with E-state index in [0.717, 1.165) is 16.7 Å². The van der Waals surface area contributed by atoms with Gasteiger partial charge in [-0.25, -0.2) is 0 Å². The zero-order valence-electron chi connectivity index (χ0n) is 12.7. The smallest absolute Gasteiger partial charge is 0.134 e. The standard InChI is InChI=1S/C16H22ClNO2/c1-16(2,3)15(19-5)14(18-4)13-9-10-8-11(17)6-7-12(10)20-13/h6-9,14-15,18H,1-5H3. The molecule has 2 aromatic rings. The second-order valence-electron chi connectivity index (χ2n) is 6.12. The van der Waals surface area contributed by atoms with Gasteiger partial charge in [0.2, 0.25) is 0 Å². The van der Waals surface area contributed by atoms with Gasteiger partial charge in [0.25, 0.3) is 0 Å². The lowest BCUT2D eigenvalue weighted by atomic mass is 9.83. The molecule has 1 heterocycles. The van der Waals surface area contributed by atoms with E-state index in [1.165, 1.54) is 0 Å². The van der Waals surface area contributed by atoms with E-state index in [1.807, 2.05) is 31.3 Å². The number of ether oxygens (including phenoxy) is 1. The van der Waals surface area contributed by atoms with Crippen LogP contribution >= 0.6 is 11.6 Å². The average Bonchev–Trinajstić information content (AvgIpc) is 2.76. The first kappa shape index (κ1) is 15.4. The molecule has 0 bridgehead atoms. The molecule has 1 aromatic heterocycles. The van der Waals surface area contributed by atoms with E-state index in [-0.39, 0.29) is 17.6 Å². The Kier molecular flexibility index (Phi) is 4.43. The van der Waals surface area contributed by atoms with E-state index in [4.69, 9.17) is 20.8 Å². The Bertz CT molecular complexity index is 586. The molecule has 1 N–H and O–H groups in total. The molecule has 110 valence electrons. The van der Waals surface area contributed by atoms with Gasteiger partial charge in [0.15, 0.2) is 0 Å². The van der Waals surface area contributed by atoms with Crippen molar-refractivity contribution in [3.63, 3.8) is 0 Å². The maximum absolute atomic E-state index is 6.02. The highest BCUT2D eigenvalue weighted by molar-refractivity contribution is 6.31. The number of likely N-dealkylation sites (N-methyl/N-ethyl adjacent to an activating group) is 1. The Morgan fingerprint density at radius 3 is 2.50 bits per heavy atom. The van der Waals surface area contributed by atoms with Crippen LogP contribution in [0.3, 0.4) is 0 Å². The molecular formula is C16H22ClNO2. The summed E-state index contributed by atoms with van der Waals surface area (Å²) in [6.45, 7) is 6.47. The van der Waals surface area contributed by atoms with Crippen molar-refractivity contribution in [2.45, 2.75) is 32.9 Å². The molecule has 4 heteroatoms. The summed E-state index contributed by atoms with van der Waals surface area (Å²) in [7, 11) is 3.66. The van der Waals surface area contributed by atoms with Crippen molar-refractivity contribution in [2.24, 2.45) is 5.41 Å². The van der Waals surface area contributed by atoms with Crippen molar-refractivity contribution in [2.75, 3.05) is 14.2 Å². The van der Waals surface area contributed by atoms with E-state index < -0.39 is 0 Å². The summed E-state index contributed by atoms with van der Waals surface area (Å²) in [5.41, 5.74) is 0.840. The lowest BCUT2D eigenvalue weighted by Crippen LogP contribution is -2.40. The molecule has 0 aliphatic heterocycles. The zero-order chi connectivity index (χ0) is 14.9. The molecule has 0 radical (unpaired) electrons. The number of rotatable bonds is 4. The van der Waals surface area contributed by atoms with E-state index in [9.17, 15) is 0 Å². The second-order valence-corrected chi connectivity index (χ2v) is 6.56. The average molecular weight is 296 g/mol. The Morgan fingerprint density at radius 1 is 1.25 bits per heavy atom. The van der Waals surface area contributed by atoms with Gasteiger partial charge in [0.05, 0.1) is 12.1 Å². The maximum atomic E-state index is 6.02. The molecule has 2 atom stereocenters. The van der Waals surface area contributed by atoms with Crippen LogP contribution in [0.2, 0.25) is 5.02 Å². The fourth-order valence-electron chi connectivity index (χ4n) is 2.62. The van der Waals surface area contributed by atoms with Gasteiger partial charge >= 0.3 is 0 Å². The molecule has 2 unspecified atom stereocenters. The van der Waals surface area contributed by atoms with Crippen LogP contribution in [0.5, 0.6) is 0 Å². The van der Waals surface area contributed by atoms with Crippen LogP contribution in [0.25, 0.3) is 11.0 Å². The van der Waals surface area contributed by atoms with E-state index in [0.29, 0.717) is 5.02 Å². The third kappa shape index (κ3) is 3.00. The number of halogens is 1.